The van der Waals surface area contributed by atoms with E-state index in [-0.39, 0.29) is 5.56 Å². The Morgan fingerprint density at radius 1 is 1.03 bits per heavy atom. The summed E-state index contributed by atoms with van der Waals surface area (Å²) in [5.74, 6) is 0.950. The van der Waals surface area contributed by atoms with Crippen LogP contribution >= 0.6 is 35.0 Å². The quantitative estimate of drug-likeness (QED) is 0.485. The highest BCUT2D eigenvalue weighted by Crippen LogP contribution is 2.27. The van der Waals surface area contributed by atoms with E-state index in [9.17, 15) is 4.79 Å². The monoisotopic (exact) mass is 476 g/mol. The molecular formula is C23H26Cl2N4OS. The van der Waals surface area contributed by atoms with Crippen LogP contribution in [0.4, 0.5) is 0 Å². The third-order valence-electron chi connectivity index (χ3n) is 5.65. The Morgan fingerprint density at radius 3 is 2.55 bits per heavy atom. The lowest BCUT2D eigenvalue weighted by molar-refractivity contribution is 0.148. The number of hydrogen-bond acceptors (Lipinski definition) is 5. The summed E-state index contributed by atoms with van der Waals surface area (Å²) in [6.07, 6.45) is 1.62. The molecule has 0 unspecified atom stereocenters. The Balaban J connectivity index is 1.62. The van der Waals surface area contributed by atoms with Crippen LogP contribution in [0.3, 0.4) is 0 Å². The van der Waals surface area contributed by atoms with Crippen LogP contribution in [0, 0.1) is 0 Å². The molecule has 4 rings (SSSR count). The molecule has 1 saturated heterocycles. The predicted molar refractivity (Wildman–Crippen MR) is 131 cm³/mol. The second-order valence-electron chi connectivity index (χ2n) is 7.90. The average molecular weight is 477 g/mol. The van der Waals surface area contributed by atoms with Crippen LogP contribution in [-0.2, 0) is 13.1 Å². The molecule has 1 aromatic heterocycles. The van der Waals surface area contributed by atoms with Crippen molar-refractivity contribution in [1.82, 2.24) is 19.4 Å². The minimum Gasteiger partial charge on any atom is -0.304 e. The van der Waals surface area contributed by atoms with Crippen molar-refractivity contribution >= 4 is 45.9 Å². The molecule has 3 aromatic rings. The van der Waals surface area contributed by atoms with Gasteiger partial charge in [-0.3, -0.25) is 14.3 Å². The van der Waals surface area contributed by atoms with E-state index in [1.165, 1.54) is 0 Å². The van der Waals surface area contributed by atoms with Crippen molar-refractivity contribution < 1.29 is 0 Å². The van der Waals surface area contributed by atoms with Crippen molar-refractivity contribution in [2.24, 2.45) is 0 Å². The number of piperazine rings is 1. The molecule has 2 heterocycles. The summed E-state index contributed by atoms with van der Waals surface area (Å²) in [4.78, 5) is 23.6. The van der Waals surface area contributed by atoms with Crippen LogP contribution in [0.15, 0.2) is 46.3 Å². The van der Waals surface area contributed by atoms with Crippen molar-refractivity contribution in [2.75, 3.05) is 39.0 Å². The van der Waals surface area contributed by atoms with Crippen molar-refractivity contribution in [1.29, 1.82) is 0 Å². The first-order chi connectivity index (χ1) is 14.9. The van der Waals surface area contributed by atoms with Crippen LogP contribution in [0.25, 0.3) is 10.9 Å². The van der Waals surface area contributed by atoms with E-state index in [4.69, 9.17) is 23.2 Å². The molecule has 1 fully saturated rings. The van der Waals surface area contributed by atoms with E-state index in [1.54, 1.807) is 28.7 Å². The van der Waals surface area contributed by atoms with Crippen LogP contribution in [-0.4, -0.2) is 58.3 Å². The van der Waals surface area contributed by atoms with Crippen LogP contribution in [0.1, 0.15) is 18.1 Å². The topological polar surface area (TPSA) is 41.4 Å². The predicted octanol–water partition coefficient (Wildman–Crippen LogP) is 4.61. The lowest BCUT2D eigenvalue weighted by Crippen LogP contribution is -2.43. The molecule has 0 amide bonds. The summed E-state index contributed by atoms with van der Waals surface area (Å²) >= 11 is 14.5. The molecule has 0 bridgehead atoms. The second-order valence-corrected chi connectivity index (χ2v) is 10.1. The van der Waals surface area contributed by atoms with Gasteiger partial charge in [-0.05, 0) is 54.3 Å². The zero-order valence-electron chi connectivity index (χ0n) is 17.8. The fraction of sp³-hybridized carbons (Fsp3) is 0.391. The first-order valence-electron chi connectivity index (χ1n) is 10.4. The van der Waals surface area contributed by atoms with Crippen molar-refractivity contribution in [3.05, 3.63) is 68.2 Å². The van der Waals surface area contributed by atoms with E-state index in [0.29, 0.717) is 27.5 Å². The maximum atomic E-state index is 13.2. The normalized spacial score (nSPS) is 15.6. The van der Waals surface area contributed by atoms with Gasteiger partial charge in [0.15, 0.2) is 0 Å². The summed E-state index contributed by atoms with van der Waals surface area (Å²) in [6.45, 7) is 7.43. The fourth-order valence-corrected chi connectivity index (χ4v) is 5.06. The van der Waals surface area contributed by atoms with E-state index in [1.807, 2.05) is 24.3 Å². The van der Waals surface area contributed by atoms with Gasteiger partial charge in [0.25, 0.3) is 5.56 Å². The molecule has 0 atom stereocenters. The largest absolute Gasteiger partial charge is 0.304 e. The molecule has 8 heteroatoms. The van der Waals surface area contributed by atoms with Crippen LogP contribution in [0.2, 0.25) is 10.0 Å². The first-order valence-corrected chi connectivity index (χ1v) is 12.2. The lowest BCUT2D eigenvalue weighted by atomic mass is 10.1. The van der Waals surface area contributed by atoms with Gasteiger partial charge >= 0.3 is 0 Å². The highest BCUT2D eigenvalue weighted by molar-refractivity contribution is 7.99. The molecule has 0 radical (unpaired) electrons. The Hall–Kier alpha value is -1.57. The molecule has 1 aliphatic rings. The van der Waals surface area contributed by atoms with Crippen LogP contribution < -0.4 is 5.56 Å². The van der Waals surface area contributed by atoms with Gasteiger partial charge in [0, 0.05) is 47.7 Å². The van der Waals surface area contributed by atoms with Crippen LogP contribution in [0.5, 0.6) is 0 Å². The average Bonchev–Trinajstić information content (AvgIpc) is 2.75. The van der Waals surface area contributed by atoms with E-state index in [2.05, 4.69) is 28.8 Å². The number of rotatable bonds is 6. The summed E-state index contributed by atoms with van der Waals surface area (Å²) in [5, 5.41) is 1.82. The van der Waals surface area contributed by atoms with E-state index < -0.39 is 0 Å². The molecule has 0 spiro atoms. The van der Waals surface area contributed by atoms with E-state index in [0.717, 1.165) is 54.5 Å². The molecule has 0 N–H and O–H groups in total. The van der Waals surface area contributed by atoms with Crippen molar-refractivity contribution in [3.63, 3.8) is 0 Å². The number of likely N-dealkylation sites (N-methyl/N-ethyl adjacent to an activating group) is 1. The Morgan fingerprint density at radius 2 is 1.81 bits per heavy atom. The lowest BCUT2D eigenvalue weighted by Gasteiger charge is -2.32. The van der Waals surface area contributed by atoms with Gasteiger partial charge in [-0.2, -0.15) is 0 Å². The minimum atomic E-state index is -0.0922. The molecule has 0 aliphatic carbocycles. The Bertz CT molecular complexity index is 1140. The third kappa shape index (κ3) is 5.26. The highest BCUT2D eigenvalue weighted by Gasteiger charge is 2.17. The minimum absolute atomic E-state index is 0.0922. The second kappa shape index (κ2) is 9.92. The van der Waals surface area contributed by atoms with Gasteiger partial charge in [0.1, 0.15) is 0 Å². The molecule has 2 aromatic carbocycles. The SMILES string of the molecule is CCSc1ccc(Cl)cc1Cn1cnc2cc(CN3CCN(C)CC3)c(Cl)cc2c1=O. The first kappa shape index (κ1) is 22.6. The number of nitrogens with zero attached hydrogens (tertiary/aromatic N) is 4. The zero-order valence-corrected chi connectivity index (χ0v) is 20.1. The number of thioether (sulfide) groups is 1. The van der Waals surface area contributed by atoms with Gasteiger partial charge in [0.05, 0.1) is 23.8 Å². The molecular weight excluding hydrogens is 451 g/mol. The number of halogens is 2. The smallest absolute Gasteiger partial charge is 0.261 e. The van der Waals surface area contributed by atoms with Gasteiger partial charge in [-0.15, -0.1) is 11.8 Å². The molecule has 5 nitrogen and oxygen atoms in total. The van der Waals surface area contributed by atoms with Gasteiger partial charge in [0.2, 0.25) is 0 Å². The molecule has 0 saturated carbocycles. The fourth-order valence-electron chi connectivity index (χ4n) is 3.85. The zero-order chi connectivity index (χ0) is 22.0. The molecule has 164 valence electrons. The Labute approximate surface area is 197 Å². The Kier molecular flexibility index (Phi) is 7.24. The number of hydrogen-bond donors (Lipinski definition) is 0. The maximum Gasteiger partial charge on any atom is 0.261 e. The number of benzene rings is 2. The van der Waals surface area contributed by atoms with E-state index >= 15 is 0 Å². The molecule has 1 aliphatic heterocycles. The third-order valence-corrected chi connectivity index (χ3v) is 7.23. The summed E-state index contributed by atoms with van der Waals surface area (Å²) in [5.41, 5.74) is 2.62. The number of fused-ring (bicyclic) bond motifs is 1. The summed E-state index contributed by atoms with van der Waals surface area (Å²) in [7, 11) is 2.14. The standard InChI is InChI=1S/C23H26Cl2N4OS/c1-3-31-22-5-4-18(24)10-17(22)14-29-15-26-21-11-16(20(25)12-19(21)23(29)30)13-28-8-6-27(2)7-9-28/h4-5,10-12,15H,3,6-9,13-14H2,1-2H3. The van der Waals surface area contributed by atoms with Crippen molar-refractivity contribution in [3.8, 4) is 0 Å². The highest BCUT2D eigenvalue weighted by atomic mass is 35.5. The van der Waals surface area contributed by atoms with Gasteiger partial charge in [-0.1, -0.05) is 30.1 Å². The van der Waals surface area contributed by atoms with Gasteiger partial charge in [-0.25, -0.2) is 4.98 Å². The number of aromatic nitrogens is 2. The van der Waals surface area contributed by atoms with Gasteiger partial charge < -0.3 is 4.90 Å². The summed E-state index contributed by atoms with van der Waals surface area (Å²) in [6, 6.07) is 9.54. The van der Waals surface area contributed by atoms with Crippen molar-refractivity contribution in [2.45, 2.75) is 24.9 Å². The molecule has 31 heavy (non-hydrogen) atoms. The summed E-state index contributed by atoms with van der Waals surface area (Å²) < 4.78 is 1.63. The maximum absolute atomic E-state index is 13.2.